The summed E-state index contributed by atoms with van der Waals surface area (Å²) in [6.45, 7) is 3.62. The molecule has 0 aliphatic heterocycles. The van der Waals surface area contributed by atoms with E-state index < -0.39 is 0 Å². The van der Waals surface area contributed by atoms with Gasteiger partial charge < -0.3 is 0 Å². The van der Waals surface area contributed by atoms with Crippen molar-refractivity contribution in [3.63, 3.8) is 0 Å². The first-order chi connectivity index (χ1) is 8.18. The van der Waals surface area contributed by atoms with Crippen molar-refractivity contribution < 1.29 is 4.79 Å². The Morgan fingerprint density at radius 1 is 1.24 bits per heavy atom. The molecule has 0 radical (unpaired) electrons. The summed E-state index contributed by atoms with van der Waals surface area (Å²) in [5.41, 5.74) is 3.67. The van der Waals surface area contributed by atoms with Crippen LogP contribution in [-0.4, -0.2) is 15.2 Å². The third kappa shape index (κ3) is 1.35. The van der Waals surface area contributed by atoms with E-state index in [0.717, 1.165) is 22.1 Å². The Bertz CT molecular complexity index is 740. The van der Waals surface area contributed by atoms with Gasteiger partial charge in [0.2, 0.25) is 0 Å². The van der Waals surface area contributed by atoms with E-state index in [0.29, 0.717) is 5.69 Å². The van der Waals surface area contributed by atoms with Crippen LogP contribution < -0.4 is 0 Å². The summed E-state index contributed by atoms with van der Waals surface area (Å²) in [4.78, 5) is 15.9. The van der Waals surface area contributed by atoms with E-state index in [-0.39, 0.29) is 5.78 Å². The normalized spacial score (nSPS) is 11.2. The highest BCUT2D eigenvalue weighted by molar-refractivity contribution is 5.96. The minimum absolute atomic E-state index is 0.0354. The van der Waals surface area contributed by atoms with Crippen LogP contribution in [0.4, 0.5) is 0 Å². The van der Waals surface area contributed by atoms with Crippen molar-refractivity contribution in [2.75, 3.05) is 0 Å². The van der Waals surface area contributed by atoms with Crippen LogP contribution in [0.1, 0.15) is 23.0 Å². The fourth-order valence-corrected chi connectivity index (χ4v) is 2.25. The van der Waals surface area contributed by atoms with Crippen molar-refractivity contribution in [3.05, 3.63) is 47.8 Å². The van der Waals surface area contributed by atoms with Gasteiger partial charge in [-0.15, -0.1) is 0 Å². The Balaban J connectivity index is 2.61. The topological polar surface area (TPSA) is 34.4 Å². The number of para-hydroxylation sites is 1. The Morgan fingerprint density at radius 3 is 2.82 bits per heavy atom. The minimum Gasteiger partial charge on any atom is -0.293 e. The Labute approximate surface area is 98.7 Å². The predicted molar refractivity (Wildman–Crippen MR) is 67.4 cm³/mol. The lowest BCUT2D eigenvalue weighted by atomic mass is 10.1. The highest BCUT2D eigenvalue weighted by atomic mass is 16.1. The van der Waals surface area contributed by atoms with Gasteiger partial charge in [0, 0.05) is 6.92 Å². The number of hydrogen-bond donors (Lipinski definition) is 0. The summed E-state index contributed by atoms with van der Waals surface area (Å²) in [6, 6.07) is 10.1. The number of carbonyl (C=O) groups is 1. The molecule has 0 saturated carbocycles. The Morgan fingerprint density at radius 2 is 2.06 bits per heavy atom. The largest absolute Gasteiger partial charge is 0.293 e. The first kappa shape index (κ1) is 10.0. The summed E-state index contributed by atoms with van der Waals surface area (Å²) in [5.74, 6) is 0.0354. The lowest BCUT2D eigenvalue weighted by molar-refractivity contribution is 0.101. The van der Waals surface area contributed by atoms with Crippen molar-refractivity contribution in [2.45, 2.75) is 13.8 Å². The van der Waals surface area contributed by atoms with Gasteiger partial charge in [-0.3, -0.25) is 9.20 Å². The van der Waals surface area contributed by atoms with Crippen LogP contribution in [0.3, 0.4) is 0 Å². The average molecular weight is 224 g/mol. The maximum Gasteiger partial charge on any atom is 0.178 e. The third-order valence-electron chi connectivity index (χ3n) is 3.05. The molecule has 17 heavy (non-hydrogen) atoms. The van der Waals surface area contributed by atoms with E-state index in [2.05, 4.69) is 4.98 Å². The zero-order chi connectivity index (χ0) is 12.0. The molecule has 2 heterocycles. The number of aromatic nitrogens is 2. The van der Waals surface area contributed by atoms with Crippen LogP contribution in [0.15, 0.2) is 36.5 Å². The number of benzene rings is 1. The van der Waals surface area contributed by atoms with Crippen LogP contribution in [0.5, 0.6) is 0 Å². The van der Waals surface area contributed by atoms with Gasteiger partial charge in [-0.25, -0.2) is 4.98 Å². The molecule has 3 rings (SSSR count). The van der Waals surface area contributed by atoms with E-state index in [1.807, 2.05) is 41.7 Å². The van der Waals surface area contributed by atoms with Crippen LogP contribution in [0.25, 0.3) is 16.6 Å². The number of aryl methyl sites for hydroxylation is 1. The van der Waals surface area contributed by atoms with Gasteiger partial charge >= 0.3 is 0 Å². The number of Topliss-reactive ketones (excluding diaryl/α,β-unsaturated/α-hetero) is 1. The molecule has 3 nitrogen and oxygen atoms in total. The molecule has 0 N–H and O–H groups in total. The molecular weight excluding hydrogens is 212 g/mol. The number of nitrogens with zero attached hydrogens (tertiary/aromatic N) is 2. The summed E-state index contributed by atoms with van der Waals surface area (Å²) < 4.78 is 1.94. The van der Waals surface area contributed by atoms with Crippen LogP contribution >= 0.6 is 0 Å². The molecule has 0 atom stereocenters. The standard InChI is InChI=1S/C14H12N2O/c1-9-4-3-5-11-6-7-13-15-8-12(10(2)17)16(13)14(9)11/h3-8H,1-2H3. The average Bonchev–Trinajstić information content (AvgIpc) is 2.72. The van der Waals surface area contributed by atoms with Gasteiger partial charge in [0.1, 0.15) is 11.3 Å². The van der Waals surface area contributed by atoms with E-state index in [4.69, 9.17) is 0 Å². The zero-order valence-corrected chi connectivity index (χ0v) is 9.77. The second-order valence-corrected chi connectivity index (χ2v) is 4.24. The second kappa shape index (κ2) is 3.42. The molecule has 0 spiro atoms. The summed E-state index contributed by atoms with van der Waals surface area (Å²) in [6.07, 6.45) is 1.64. The zero-order valence-electron chi connectivity index (χ0n) is 9.77. The van der Waals surface area contributed by atoms with Crippen molar-refractivity contribution >= 4 is 22.3 Å². The number of carbonyl (C=O) groups excluding carboxylic acids is 1. The Kier molecular flexibility index (Phi) is 2.01. The predicted octanol–water partition coefficient (Wildman–Crippen LogP) is 3.00. The van der Waals surface area contributed by atoms with Crippen molar-refractivity contribution in [3.8, 4) is 0 Å². The smallest absolute Gasteiger partial charge is 0.178 e. The summed E-state index contributed by atoms with van der Waals surface area (Å²) in [5, 5.41) is 1.12. The number of rotatable bonds is 1. The fraction of sp³-hybridized carbons (Fsp3) is 0.143. The first-order valence-electron chi connectivity index (χ1n) is 5.55. The maximum atomic E-state index is 11.6. The molecule has 1 aromatic carbocycles. The molecule has 0 aliphatic rings. The number of fused-ring (bicyclic) bond motifs is 3. The molecule has 0 aliphatic carbocycles. The van der Waals surface area contributed by atoms with Gasteiger partial charge in [-0.05, 0) is 30.0 Å². The number of ketones is 1. The SMILES string of the molecule is CC(=O)c1cnc2ccc3cccc(C)c3n12. The summed E-state index contributed by atoms with van der Waals surface area (Å²) >= 11 is 0. The van der Waals surface area contributed by atoms with Gasteiger partial charge in [-0.1, -0.05) is 18.2 Å². The highest BCUT2D eigenvalue weighted by Gasteiger charge is 2.11. The molecule has 0 amide bonds. The van der Waals surface area contributed by atoms with E-state index in [1.54, 1.807) is 13.1 Å². The molecule has 2 aromatic heterocycles. The van der Waals surface area contributed by atoms with E-state index in [9.17, 15) is 4.79 Å². The van der Waals surface area contributed by atoms with Gasteiger partial charge in [0.25, 0.3) is 0 Å². The number of pyridine rings is 1. The van der Waals surface area contributed by atoms with E-state index >= 15 is 0 Å². The molecule has 0 bridgehead atoms. The molecule has 0 saturated heterocycles. The monoisotopic (exact) mass is 224 g/mol. The molecule has 3 heteroatoms. The van der Waals surface area contributed by atoms with Crippen molar-refractivity contribution in [2.24, 2.45) is 0 Å². The quantitative estimate of drug-likeness (QED) is 0.595. The first-order valence-corrected chi connectivity index (χ1v) is 5.55. The van der Waals surface area contributed by atoms with Crippen molar-refractivity contribution in [1.29, 1.82) is 0 Å². The van der Waals surface area contributed by atoms with Crippen LogP contribution in [-0.2, 0) is 0 Å². The van der Waals surface area contributed by atoms with E-state index in [1.165, 1.54) is 0 Å². The summed E-state index contributed by atoms with van der Waals surface area (Å²) in [7, 11) is 0. The molecule has 0 unspecified atom stereocenters. The third-order valence-corrected chi connectivity index (χ3v) is 3.05. The molecule has 0 fully saturated rings. The van der Waals surface area contributed by atoms with Gasteiger partial charge in [-0.2, -0.15) is 0 Å². The second-order valence-electron chi connectivity index (χ2n) is 4.24. The number of imidazole rings is 1. The van der Waals surface area contributed by atoms with Crippen LogP contribution in [0, 0.1) is 6.92 Å². The molecular formula is C14H12N2O. The van der Waals surface area contributed by atoms with Gasteiger partial charge in [0.05, 0.1) is 11.7 Å². The maximum absolute atomic E-state index is 11.6. The van der Waals surface area contributed by atoms with Crippen LogP contribution in [0.2, 0.25) is 0 Å². The molecule has 84 valence electrons. The Hall–Kier alpha value is -2.16. The lowest BCUT2D eigenvalue weighted by Crippen LogP contribution is -2.00. The highest BCUT2D eigenvalue weighted by Crippen LogP contribution is 2.22. The lowest BCUT2D eigenvalue weighted by Gasteiger charge is -2.07. The minimum atomic E-state index is 0.0354. The van der Waals surface area contributed by atoms with Crippen molar-refractivity contribution in [1.82, 2.24) is 9.38 Å². The number of hydrogen-bond acceptors (Lipinski definition) is 2. The van der Waals surface area contributed by atoms with Gasteiger partial charge in [0.15, 0.2) is 5.78 Å². The fourth-order valence-electron chi connectivity index (χ4n) is 2.25. The molecule has 3 aromatic rings.